The predicted octanol–water partition coefficient (Wildman–Crippen LogP) is 4.26. The minimum Gasteiger partial charge on any atom is -0.483 e. The molecule has 1 heterocycles. The van der Waals surface area contributed by atoms with E-state index in [2.05, 4.69) is 21.2 Å². The molecule has 1 atom stereocenters. The van der Waals surface area contributed by atoms with Crippen LogP contribution in [0.4, 0.5) is 0 Å². The number of nitrogens with one attached hydrogen (secondary N) is 1. The van der Waals surface area contributed by atoms with Crippen LogP contribution in [0.5, 0.6) is 5.75 Å². The highest BCUT2D eigenvalue weighted by atomic mass is 79.9. The molecule has 1 amide bonds. The molecule has 0 aliphatic rings. The molecule has 0 saturated heterocycles. The van der Waals surface area contributed by atoms with E-state index >= 15 is 0 Å². The molecule has 128 valence electrons. The van der Waals surface area contributed by atoms with E-state index in [1.165, 1.54) is 0 Å². The number of fused-ring (bicyclic) bond motifs is 1. The number of benzene rings is 2. The van der Waals surface area contributed by atoms with E-state index in [9.17, 15) is 9.59 Å². The second-order valence-corrected chi connectivity index (χ2v) is 6.48. The largest absolute Gasteiger partial charge is 0.483 e. The normalized spacial score (nSPS) is 11.9. The van der Waals surface area contributed by atoms with Crippen molar-refractivity contribution in [2.75, 3.05) is 6.61 Å². The van der Waals surface area contributed by atoms with E-state index in [0.29, 0.717) is 23.4 Å². The molecule has 0 aliphatic heterocycles. The van der Waals surface area contributed by atoms with Gasteiger partial charge in [-0.05, 0) is 37.3 Å². The smallest absolute Gasteiger partial charge is 0.258 e. The van der Waals surface area contributed by atoms with E-state index in [4.69, 9.17) is 9.15 Å². The highest BCUT2D eigenvalue weighted by Gasteiger charge is 2.15. The highest BCUT2D eigenvalue weighted by Crippen LogP contribution is 2.24. The van der Waals surface area contributed by atoms with Crippen molar-refractivity contribution in [3.05, 3.63) is 64.3 Å². The molecule has 5 nitrogen and oxygen atoms in total. The average Bonchev–Trinajstić information content (AvgIpc) is 3.05. The Morgan fingerprint density at radius 2 is 2.08 bits per heavy atom. The number of para-hydroxylation sites is 1. The zero-order valence-electron chi connectivity index (χ0n) is 13.5. The van der Waals surface area contributed by atoms with E-state index in [1.54, 1.807) is 18.2 Å². The van der Waals surface area contributed by atoms with Crippen LogP contribution >= 0.6 is 15.9 Å². The van der Waals surface area contributed by atoms with E-state index in [0.717, 1.165) is 15.4 Å². The molecular weight excluding hydrogens is 386 g/mol. The van der Waals surface area contributed by atoms with E-state index < -0.39 is 0 Å². The number of halogens is 1. The molecule has 0 spiro atoms. The molecule has 0 bridgehead atoms. The van der Waals surface area contributed by atoms with Crippen molar-refractivity contribution in [1.29, 1.82) is 0 Å². The van der Waals surface area contributed by atoms with Gasteiger partial charge in [0, 0.05) is 9.86 Å². The number of aldehydes is 1. The SMILES string of the molecule is C[C@@H](NC(=O)COc1ccc(Br)cc1C=O)c1cc2ccccc2o1. The maximum Gasteiger partial charge on any atom is 0.258 e. The van der Waals surface area contributed by atoms with Gasteiger partial charge in [-0.1, -0.05) is 34.1 Å². The van der Waals surface area contributed by atoms with Crippen molar-refractivity contribution in [3.8, 4) is 5.75 Å². The quantitative estimate of drug-likeness (QED) is 0.626. The Morgan fingerprint density at radius 1 is 1.28 bits per heavy atom. The van der Waals surface area contributed by atoms with Gasteiger partial charge in [0.25, 0.3) is 5.91 Å². The van der Waals surface area contributed by atoms with E-state index in [-0.39, 0.29) is 18.6 Å². The lowest BCUT2D eigenvalue weighted by Gasteiger charge is -2.13. The van der Waals surface area contributed by atoms with Crippen molar-refractivity contribution in [2.45, 2.75) is 13.0 Å². The van der Waals surface area contributed by atoms with Gasteiger partial charge >= 0.3 is 0 Å². The van der Waals surface area contributed by atoms with Crippen LogP contribution in [0, 0.1) is 0 Å². The minimum atomic E-state index is -0.298. The summed E-state index contributed by atoms with van der Waals surface area (Å²) >= 11 is 3.29. The summed E-state index contributed by atoms with van der Waals surface area (Å²) in [6, 6.07) is 14.3. The molecule has 3 rings (SSSR count). The fourth-order valence-corrected chi connectivity index (χ4v) is 2.84. The summed E-state index contributed by atoms with van der Waals surface area (Å²) in [6.07, 6.45) is 0.690. The van der Waals surface area contributed by atoms with Gasteiger partial charge in [-0.25, -0.2) is 0 Å². The van der Waals surface area contributed by atoms with Crippen molar-refractivity contribution in [2.24, 2.45) is 0 Å². The third kappa shape index (κ3) is 4.09. The number of furan rings is 1. The first-order chi connectivity index (χ1) is 12.1. The number of amides is 1. The maximum absolute atomic E-state index is 12.1. The molecule has 6 heteroatoms. The Morgan fingerprint density at radius 3 is 2.84 bits per heavy atom. The molecule has 1 N–H and O–H groups in total. The summed E-state index contributed by atoms with van der Waals surface area (Å²) in [4.78, 5) is 23.2. The van der Waals surface area contributed by atoms with Crippen molar-refractivity contribution in [1.82, 2.24) is 5.32 Å². The number of hydrogen-bond acceptors (Lipinski definition) is 4. The molecule has 0 saturated carbocycles. The Labute approximate surface area is 153 Å². The van der Waals surface area contributed by atoms with Crippen LogP contribution in [0.2, 0.25) is 0 Å². The lowest BCUT2D eigenvalue weighted by molar-refractivity contribution is -0.123. The molecule has 25 heavy (non-hydrogen) atoms. The molecule has 0 fully saturated rings. The Hall–Kier alpha value is -2.60. The highest BCUT2D eigenvalue weighted by molar-refractivity contribution is 9.10. The first-order valence-electron chi connectivity index (χ1n) is 7.72. The van der Waals surface area contributed by atoms with Crippen LogP contribution in [0.25, 0.3) is 11.0 Å². The summed E-state index contributed by atoms with van der Waals surface area (Å²) in [5, 5.41) is 3.81. The minimum absolute atomic E-state index is 0.187. The van der Waals surface area contributed by atoms with Gasteiger partial charge < -0.3 is 14.5 Å². The average molecular weight is 402 g/mol. The molecular formula is C19H16BrNO4. The van der Waals surface area contributed by atoms with Crippen LogP contribution in [-0.2, 0) is 4.79 Å². The zero-order valence-corrected chi connectivity index (χ0v) is 15.1. The summed E-state index contributed by atoms with van der Waals surface area (Å²) in [5.74, 6) is 0.740. The van der Waals surface area contributed by atoms with Crippen LogP contribution in [0.3, 0.4) is 0 Å². The number of carbonyl (C=O) groups excluding carboxylic acids is 2. The van der Waals surface area contributed by atoms with Crippen LogP contribution < -0.4 is 10.1 Å². The van der Waals surface area contributed by atoms with Crippen molar-refractivity contribution < 1.29 is 18.7 Å². The summed E-state index contributed by atoms with van der Waals surface area (Å²) < 4.78 is 12.0. The van der Waals surface area contributed by atoms with Crippen molar-refractivity contribution >= 4 is 39.1 Å². The third-order valence-electron chi connectivity index (χ3n) is 3.71. The maximum atomic E-state index is 12.1. The zero-order chi connectivity index (χ0) is 17.8. The number of ether oxygens (including phenoxy) is 1. The number of carbonyl (C=O) groups is 2. The summed E-state index contributed by atoms with van der Waals surface area (Å²) in [6.45, 7) is 1.65. The van der Waals surface area contributed by atoms with Crippen molar-refractivity contribution in [3.63, 3.8) is 0 Å². The Kier molecular flexibility index (Phi) is 5.19. The number of hydrogen-bond donors (Lipinski definition) is 1. The Balaban J connectivity index is 1.61. The fraction of sp³-hybridized carbons (Fsp3) is 0.158. The molecule has 2 aromatic carbocycles. The fourth-order valence-electron chi connectivity index (χ4n) is 2.46. The van der Waals surface area contributed by atoms with E-state index in [1.807, 2.05) is 37.3 Å². The second kappa shape index (κ2) is 7.53. The lowest BCUT2D eigenvalue weighted by Crippen LogP contribution is -2.31. The molecule has 1 aromatic heterocycles. The molecule has 3 aromatic rings. The van der Waals surface area contributed by atoms with Gasteiger partial charge in [0.05, 0.1) is 11.6 Å². The van der Waals surface area contributed by atoms with Gasteiger partial charge in [-0.15, -0.1) is 0 Å². The van der Waals surface area contributed by atoms with Crippen LogP contribution in [0.1, 0.15) is 29.1 Å². The van der Waals surface area contributed by atoms with Gasteiger partial charge in [-0.3, -0.25) is 9.59 Å². The van der Waals surface area contributed by atoms with Crippen LogP contribution in [-0.4, -0.2) is 18.8 Å². The lowest BCUT2D eigenvalue weighted by atomic mass is 10.2. The first kappa shape index (κ1) is 17.2. The molecule has 0 aliphatic carbocycles. The van der Waals surface area contributed by atoms with Gasteiger partial charge in [-0.2, -0.15) is 0 Å². The van der Waals surface area contributed by atoms with Gasteiger partial charge in [0.15, 0.2) is 12.9 Å². The monoisotopic (exact) mass is 401 g/mol. The summed E-state index contributed by atoms with van der Waals surface area (Å²) in [5.41, 5.74) is 1.16. The van der Waals surface area contributed by atoms with Gasteiger partial charge in [0.1, 0.15) is 17.1 Å². The standard InChI is InChI=1S/C19H16BrNO4/c1-12(18-9-13-4-2-3-5-17(13)25-18)21-19(23)11-24-16-7-6-15(20)8-14(16)10-22/h2-10,12H,11H2,1H3,(H,21,23)/t12-/m1/s1. The molecule has 0 radical (unpaired) electrons. The second-order valence-electron chi connectivity index (χ2n) is 5.56. The van der Waals surface area contributed by atoms with Gasteiger partial charge in [0.2, 0.25) is 0 Å². The molecule has 0 unspecified atom stereocenters. The first-order valence-corrected chi connectivity index (χ1v) is 8.51. The third-order valence-corrected chi connectivity index (χ3v) is 4.20. The number of rotatable bonds is 6. The Bertz CT molecular complexity index is 886. The van der Waals surface area contributed by atoms with Crippen LogP contribution in [0.15, 0.2) is 57.4 Å². The predicted molar refractivity (Wildman–Crippen MR) is 97.8 cm³/mol. The summed E-state index contributed by atoms with van der Waals surface area (Å²) in [7, 11) is 0. The topological polar surface area (TPSA) is 68.5 Å².